The molecule has 0 spiro atoms. The van der Waals surface area contributed by atoms with Crippen LogP contribution in [0.2, 0.25) is 0 Å². The summed E-state index contributed by atoms with van der Waals surface area (Å²) in [5, 5.41) is 21.3. The summed E-state index contributed by atoms with van der Waals surface area (Å²) in [7, 11) is 0. The summed E-state index contributed by atoms with van der Waals surface area (Å²) in [5.41, 5.74) is -0.257. The number of tetrazole rings is 1. The third-order valence-corrected chi connectivity index (χ3v) is 3.45. The molecule has 0 amide bonds. The van der Waals surface area contributed by atoms with Gasteiger partial charge in [0.25, 0.3) is 0 Å². The van der Waals surface area contributed by atoms with Crippen molar-refractivity contribution in [1.29, 1.82) is 0 Å². The molecule has 2 rings (SSSR count). The number of rotatable bonds is 6. The predicted molar refractivity (Wildman–Crippen MR) is 74.0 cm³/mol. The first-order valence-electron chi connectivity index (χ1n) is 7.30. The fraction of sp³-hybridized carbons (Fsp3) is 0.923. The minimum Gasteiger partial charge on any atom is -0.394 e. The van der Waals surface area contributed by atoms with Gasteiger partial charge < -0.3 is 9.84 Å². The van der Waals surface area contributed by atoms with Crippen molar-refractivity contribution in [2.24, 2.45) is 0 Å². The van der Waals surface area contributed by atoms with Gasteiger partial charge in [0.15, 0.2) is 5.82 Å². The molecule has 0 aromatic carbocycles. The molecule has 1 aliphatic rings. The van der Waals surface area contributed by atoms with Crippen LogP contribution in [0.5, 0.6) is 0 Å². The van der Waals surface area contributed by atoms with Crippen LogP contribution in [-0.2, 0) is 17.8 Å². The van der Waals surface area contributed by atoms with Gasteiger partial charge in [0, 0.05) is 19.6 Å². The lowest BCUT2D eigenvalue weighted by atomic mass is 10.1. The van der Waals surface area contributed by atoms with Crippen molar-refractivity contribution in [3.63, 3.8) is 0 Å². The van der Waals surface area contributed by atoms with E-state index >= 15 is 0 Å². The number of unbranched alkanes of at least 4 members (excludes halogenated alkanes) is 1. The fourth-order valence-electron chi connectivity index (χ4n) is 2.65. The number of aliphatic hydroxyl groups excluding tert-OH is 1. The lowest BCUT2D eigenvalue weighted by Gasteiger charge is -2.42. The number of aromatic nitrogens is 4. The normalized spacial score (nSPS) is 23.1. The molecule has 0 aliphatic carbocycles. The quantitative estimate of drug-likeness (QED) is 0.816. The molecule has 114 valence electrons. The van der Waals surface area contributed by atoms with E-state index in [1.54, 1.807) is 0 Å². The third kappa shape index (κ3) is 3.97. The summed E-state index contributed by atoms with van der Waals surface area (Å²) < 4.78 is 7.69. The van der Waals surface area contributed by atoms with Crippen molar-refractivity contribution in [1.82, 2.24) is 25.1 Å². The summed E-state index contributed by atoms with van der Waals surface area (Å²) in [4.78, 5) is 2.25. The van der Waals surface area contributed by atoms with E-state index < -0.39 is 0 Å². The van der Waals surface area contributed by atoms with Crippen molar-refractivity contribution in [2.45, 2.75) is 58.4 Å². The van der Waals surface area contributed by atoms with Gasteiger partial charge in [-0.15, -0.1) is 5.10 Å². The Morgan fingerprint density at radius 1 is 1.45 bits per heavy atom. The Bertz CT molecular complexity index is 421. The summed E-state index contributed by atoms with van der Waals surface area (Å²) in [6, 6.07) is 0. The molecule has 1 aromatic heterocycles. The molecule has 1 unspecified atom stereocenters. The Balaban J connectivity index is 2.00. The Labute approximate surface area is 119 Å². The highest BCUT2D eigenvalue weighted by Crippen LogP contribution is 2.21. The minimum absolute atomic E-state index is 0.0424. The van der Waals surface area contributed by atoms with E-state index in [9.17, 15) is 5.11 Å². The van der Waals surface area contributed by atoms with Crippen LogP contribution in [0.4, 0.5) is 0 Å². The van der Waals surface area contributed by atoms with Crippen molar-refractivity contribution in [3.05, 3.63) is 5.82 Å². The van der Waals surface area contributed by atoms with E-state index in [1.165, 1.54) is 0 Å². The highest BCUT2D eigenvalue weighted by Gasteiger charge is 2.33. The molecule has 20 heavy (non-hydrogen) atoms. The van der Waals surface area contributed by atoms with Crippen molar-refractivity contribution in [2.75, 3.05) is 19.7 Å². The Morgan fingerprint density at radius 3 is 2.95 bits per heavy atom. The van der Waals surface area contributed by atoms with Gasteiger partial charge in [0.2, 0.25) is 0 Å². The van der Waals surface area contributed by atoms with Crippen LogP contribution in [0.25, 0.3) is 0 Å². The molecule has 1 saturated heterocycles. The number of morpholine rings is 1. The van der Waals surface area contributed by atoms with Crippen molar-refractivity contribution >= 4 is 0 Å². The van der Waals surface area contributed by atoms with Crippen LogP contribution in [0, 0.1) is 0 Å². The predicted octanol–water partition coefficient (Wildman–Crippen LogP) is 0.445. The summed E-state index contributed by atoms with van der Waals surface area (Å²) in [6.07, 6.45) is 2.06. The van der Waals surface area contributed by atoms with Crippen LogP contribution in [0.15, 0.2) is 0 Å². The molecule has 2 heterocycles. The first kappa shape index (κ1) is 15.3. The van der Waals surface area contributed by atoms with E-state index in [0.29, 0.717) is 13.1 Å². The van der Waals surface area contributed by atoms with Gasteiger partial charge in [-0.05, 0) is 30.7 Å². The van der Waals surface area contributed by atoms with Crippen LogP contribution in [0.3, 0.4) is 0 Å². The molecule has 0 radical (unpaired) electrons. The minimum atomic E-state index is -0.257. The first-order chi connectivity index (χ1) is 9.54. The van der Waals surface area contributed by atoms with Gasteiger partial charge in [0.05, 0.1) is 24.9 Å². The number of aryl methyl sites for hydroxylation is 1. The van der Waals surface area contributed by atoms with E-state index in [1.807, 2.05) is 18.5 Å². The topological polar surface area (TPSA) is 76.3 Å². The molecular weight excluding hydrogens is 258 g/mol. The summed E-state index contributed by atoms with van der Waals surface area (Å²) in [5.74, 6) is 0.882. The number of aliphatic hydroxyl groups is 1. The molecule has 1 N–H and O–H groups in total. The van der Waals surface area contributed by atoms with E-state index in [-0.39, 0.29) is 18.3 Å². The molecule has 1 atom stereocenters. The number of hydrogen-bond acceptors (Lipinski definition) is 6. The first-order valence-corrected chi connectivity index (χ1v) is 7.30. The number of hydrogen-bond donors (Lipinski definition) is 1. The number of ether oxygens (including phenoxy) is 1. The SMILES string of the molecule is CCCCn1nnnc1CN1CC(CO)OC(C)(C)C1. The molecule has 7 nitrogen and oxygen atoms in total. The standard InChI is InChI=1S/C13H25N5O2/c1-4-5-6-18-12(14-15-16-18)8-17-7-11(9-19)20-13(2,3)10-17/h11,19H,4-10H2,1-3H3. The smallest absolute Gasteiger partial charge is 0.165 e. The second kappa shape index (κ2) is 6.60. The monoisotopic (exact) mass is 283 g/mol. The molecule has 0 bridgehead atoms. The maximum atomic E-state index is 9.34. The lowest BCUT2D eigenvalue weighted by Crippen LogP contribution is -2.53. The summed E-state index contributed by atoms with van der Waals surface area (Å²) >= 11 is 0. The maximum Gasteiger partial charge on any atom is 0.165 e. The fourth-order valence-corrected chi connectivity index (χ4v) is 2.65. The largest absolute Gasteiger partial charge is 0.394 e. The van der Waals surface area contributed by atoms with Crippen molar-refractivity contribution in [3.8, 4) is 0 Å². The molecule has 1 fully saturated rings. The average molecular weight is 283 g/mol. The molecule has 1 aromatic rings. The van der Waals surface area contributed by atoms with E-state index in [2.05, 4.69) is 27.3 Å². The lowest BCUT2D eigenvalue weighted by molar-refractivity contribution is -0.151. The van der Waals surface area contributed by atoms with Gasteiger partial charge in [-0.25, -0.2) is 4.68 Å². The molecule has 0 saturated carbocycles. The Kier molecular flexibility index (Phi) is 5.06. The van der Waals surface area contributed by atoms with Gasteiger partial charge in [-0.1, -0.05) is 13.3 Å². The van der Waals surface area contributed by atoms with Gasteiger partial charge in [0.1, 0.15) is 0 Å². The van der Waals surface area contributed by atoms with Crippen LogP contribution >= 0.6 is 0 Å². The third-order valence-electron chi connectivity index (χ3n) is 3.45. The van der Waals surface area contributed by atoms with Gasteiger partial charge in [-0.2, -0.15) is 0 Å². The second-order valence-corrected chi connectivity index (χ2v) is 6.02. The van der Waals surface area contributed by atoms with Gasteiger partial charge in [-0.3, -0.25) is 4.90 Å². The zero-order valence-corrected chi connectivity index (χ0v) is 12.6. The average Bonchev–Trinajstić information content (AvgIpc) is 2.81. The van der Waals surface area contributed by atoms with Crippen LogP contribution in [0.1, 0.15) is 39.4 Å². The Hall–Kier alpha value is -1.05. The highest BCUT2D eigenvalue weighted by molar-refractivity contribution is 4.88. The highest BCUT2D eigenvalue weighted by atomic mass is 16.5. The second-order valence-electron chi connectivity index (χ2n) is 6.02. The summed E-state index contributed by atoms with van der Waals surface area (Å²) in [6.45, 7) is 9.35. The van der Waals surface area contributed by atoms with Gasteiger partial charge >= 0.3 is 0 Å². The Morgan fingerprint density at radius 2 is 2.25 bits per heavy atom. The van der Waals surface area contributed by atoms with Crippen LogP contribution < -0.4 is 0 Å². The maximum absolute atomic E-state index is 9.34. The molecular formula is C13H25N5O2. The van der Waals surface area contributed by atoms with E-state index in [4.69, 9.17) is 4.74 Å². The van der Waals surface area contributed by atoms with Crippen molar-refractivity contribution < 1.29 is 9.84 Å². The van der Waals surface area contributed by atoms with Crippen LogP contribution in [-0.4, -0.2) is 61.6 Å². The number of nitrogens with zero attached hydrogens (tertiary/aromatic N) is 5. The zero-order chi connectivity index (χ0) is 14.6. The molecule has 1 aliphatic heterocycles. The van der Waals surface area contributed by atoms with E-state index in [0.717, 1.165) is 31.8 Å². The molecule has 7 heteroatoms. The zero-order valence-electron chi connectivity index (χ0n) is 12.6.